The predicted octanol–water partition coefficient (Wildman–Crippen LogP) is 4.75. The summed E-state index contributed by atoms with van der Waals surface area (Å²) in [6, 6.07) is 22.0. The Bertz CT molecular complexity index is 736. The summed E-state index contributed by atoms with van der Waals surface area (Å²) in [7, 11) is 0. The van der Waals surface area contributed by atoms with E-state index in [4.69, 9.17) is 4.74 Å². The van der Waals surface area contributed by atoms with Gasteiger partial charge in [-0.25, -0.2) is 4.79 Å². The van der Waals surface area contributed by atoms with Crippen LogP contribution in [0.5, 0.6) is 0 Å². The number of hydrogen-bond donors (Lipinski definition) is 1. The molecule has 0 spiro atoms. The van der Waals surface area contributed by atoms with Gasteiger partial charge < -0.3 is 10.1 Å². The number of amides is 1. The molecule has 28 heavy (non-hydrogen) atoms. The fraction of sp³-hybridized carbons (Fsp3) is 0.458. The van der Waals surface area contributed by atoms with Crippen LogP contribution in [0.2, 0.25) is 0 Å². The van der Waals surface area contributed by atoms with E-state index in [9.17, 15) is 4.79 Å². The molecule has 4 heteroatoms. The first kappa shape index (κ1) is 19.0. The number of nitrogens with one attached hydrogen (secondary N) is 1. The average molecular weight is 379 g/mol. The van der Waals surface area contributed by atoms with Crippen molar-refractivity contribution < 1.29 is 9.53 Å². The topological polar surface area (TPSA) is 41.6 Å². The second-order valence-corrected chi connectivity index (χ2v) is 8.16. The third-order valence-electron chi connectivity index (χ3n) is 6.22. The molecule has 2 heterocycles. The van der Waals surface area contributed by atoms with E-state index in [1.807, 2.05) is 30.3 Å². The van der Waals surface area contributed by atoms with E-state index in [1.54, 1.807) is 0 Å². The Morgan fingerprint density at radius 3 is 2.18 bits per heavy atom. The van der Waals surface area contributed by atoms with Crippen LogP contribution in [0.1, 0.15) is 43.2 Å². The lowest BCUT2D eigenvalue weighted by Crippen LogP contribution is -2.43. The van der Waals surface area contributed by atoms with Crippen LogP contribution in [-0.4, -0.2) is 29.6 Å². The maximum absolute atomic E-state index is 11.9. The number of fused-ring (bicyclic) bond motifs is 2. The molecule has 2 unspecified atom stereocenters. The summed E-state index contributed by atoms with van der Waals surface area (Å²) in [4.78, 5) is 14.6. The van der Waals surface area contributed by atoms with Crippen molar-refractivity contribution in [2.75, 3.05) is 6.54 Å². The summed E-state index contributed by atoms with van der Waals surface area (Å²) in [5, 5.41) is 2.93. The van der Waals surface area contributed by atoms with Crippen molar-refractivity contribution in [3.05, 3.63) is 71.8 Å². The van der Waals surface area contributed by atoms with E-state index in [2.05, 4.69) is 40.5 Å². The fourth-order valence-electron chi connectivity index (χ4n) is 4.83. The summed E-state index contributed by atoms with van der Waals surface area (Å²) in [6.45, 7) is 2.11. The smallest absolute Gasteiger partial charge is 0.407 e. The molecule has 2 aromatic rings. The van der Waals surface area contributed by atoms with Gasteiger partial charge in [0.1, 0.15) is 6.61 Å². The third kappa shape index (κ3) is 4.93. The van der Waals surface area contributed by atoms with Crippen LogP contribution < -0.4 is 5.32 Å². The Morgan fingerprint density at radius 1 is 0.929 bits per heavy atom. The molecule has 0 aromatic heterocycles. The molecular weight excluding hydrogens is 348 g/mol. The molecule has 2 saturated heterocycles. The van der Waals surface area contributed by atoms with Gasteiger partial charge in [0.25, 0.3) is 0 Å². The Kier molecular flexibility index (Phi) is 6.27. The monoisotopic (exact) mass is 378 g/mol. The van der Waals surface area contributed by atoms with Gasteiger partial charge in [0.15, 0.2) is 0 Å². The second-order valence-electron chi connectivity index (χ2n) is 8.16. The van der Waals surface area contributed by atoms with Crippen molar-refractivity contribution in [2.45, 2.75) is 57.3 Å². The van der Waals surface area contributed by atoms with Gasteiger partial charge in [-0.2, -0.15) is 0 Å². The highest BCUT2D eigenvalue weighted by Gasteiger charge is 2.40. The third-order valence-corrected chi connectivity index (χ3v) is 6.22. The summed E-state index contributed by atoms with van der Waals surface area (Å²) in [5.41, 5.74) is 2.43. The minimum absolute atomic E-state index is 0.312. The van der Waals surface area contributed by atoms with E-state index in [-0.39, 0.29) is 6.09 Å². The van der Waals surface area contributed by atoms with Crippen molar-refractivity contribution >= 4 is 6.09 Å². The van der Waals surface area contributed by atoms with E-state index >= 15 is 0 Å². The van der Waals surface area contributed by atoms with Gasteiger partial charge in [-0.05, 0) is 49.1 Å². The van der Waals surface area contributed by atoms with E-state index in [1.165, 1.54) is 31.2 Å². The highest BCUT2D eigenvalue weighted by molar-refractivity contribution is 5.67. The lowest BCUT2D eigenvalue weighted by Gasteiger charge is -2.39. The van der Waals surface area contributed by atoms with Crippen LogP contribution in [0.15, 0.2) is 60.7 Å². The van der Waals surface area contributed by atoms with Gasteiger partial charge in [0.05, 0.1) is 0 Å². The second kappa shape index (κ2) is 9.24. The van der Waals surface area contributed by atoms with Gasteiger partial charge in [-0.15, -0.1) is 0 Å². The number of piperidine rings is 1. The molecule has 2 fully saturated rings. The Balaban J connectivity index is 1.17. The van der Waals surface area contributed by atoms with Gasteiger partial charge in [-0.1, -0.05) is 60.7 Å². The van der Waals surface area contributed by atoms with Crippen molar-refractivity contribution in [2.24, 2.45) is 5.92 Å². The van der Waals surface area contributed by atoms with Crippen LogP contribution in [0, 0.1) is 5.92 Å². The molecule has 4 rings (SSSR count). The molecule has 2 aromatic carbocycles. The Labute approximate surface area is 167 Å². The highest BCUT2D eigenvalue weighted by atomic mass is 16.5. The number of hydrogen-bond acceptors (Lipinski definition) is 3. The Hall–Kier alpha value is -2.33. The normalized spacial score (nSPS) is 24.1. The van der Waals surface area contributed by atoms with Gasteiger partial charge in [0.2, 0.25) is 0 Å². The first-order valence-corrected chi connectivity index (χ1v) is 10.5. The zero-order chi connectivity index (χ0) is 19.2. The summed E-state index contributed by atoms with van der Waals surface area (Å²) in [5.74, 6) is 0.707. The Morgan fingerprint density at radius 2 is 1.54 bits per heavy atom. The van der Waals surface area contributed by atoms with Crippen LogP contribution in [0.3, 0.4) is 0 Å². The highest BCUT2D eigenvalue weighted by Crippen LogP contribution is 2.40. The van der Waals surface area contributed by atoms with Crippen LogP contribution in [-0.2, 0) is 17.9 Å². The van der Waals surface area contributed by atoms with Crippen molar-refractivity contribution in [3.8, 4) is 0 Å². The quantitative estimate of drug-likeness (QED) is 0.756. The number of carbonyl (C=O) groups excluding carboxylic acids is 1. The molecule has 1 N–H and O–H groups in total. The number of carbonyl (C=O) groups is 1. The van der Waals surface area contributed by atoms with Gasteiger partial charge >= 0.3 is 6.09 Å². The lowest BCUT2D eigenvalue weighted by atomic mass is 9.88. The molecule has 0 saturated carbocycles. The van der Waals surface area contributed by atoms with Gasteiger partial charge in [0, 0.05) is 25.2 Å². The van der Waals surface area contributed by atoms with Crippen molar-refractivity contribution in [1.82, 2.24) is 10.2 Å². The lowest BCUT2D eigenvalue weighted by molar-refractivity contribution is 0.0919. The van der Waals surface area contributed by atoms with E-state index in [0.717, 1.165) is 18.5 Å². The molecule has 0 radical (unpaired) electrons. The molecule has 148 valence electrons. The minimum Gasteiger partial charge on any atom is -0.445 e. The van der Waals surface area contributed by atoms with Gasteiger partial charge in [-0.3, -0.25) is 4.90 Å². The summed E-state index contributed by atoms with van der Waals surface area (Å²) >= 11 is 0. The number of nitrogens with zero attached hydrogens (tertiary/aromatic N) is 1. The van der Waals surface area contributed by atoms with E-state index < -0.39 is 0 Å². The standard InChI is InChI=1S/C24H30N2O2/c27-24(28-18-20-9-5-2-6-10-20)25-14-13-21-15-22-11-12-23(16-21)26(22)17-19-7-3-1-4-8-19/h1-10,21-23H,11-18H2,(H,25,27). The zero-order valence-electron chi connectivity index (χ0n) is 16.4. The average Bonchev–Trinajstić information content (AvgIpc) is 2.96. The maximum atomic E-state index is 11.9. The van der Waals surface area contributed by atoms with Crippen LogP contribution in [0.4, 0.5) is 4.79 Å². The molecule has 2 bridgehead atoms. The summed E-state index contributed by atoms with van der Waals surface area (Å²) in [6.07, 6.45) is 5.88. The first-order chi connectivity index (χ1) is 13.8. The number of benzene rings is 2. The molecule has 2 aliphatic rings. The largest absolute Gasteiger partial charge is 0.445 e. The number of rotatable bonds is 7. The predicted molar refractivity (Wildman–Crippen MR) is 111 cm³/mol. The van der Waals surface area contributed by atoms with Crippen molar-refractivity contribution in [1.29, 1.82) is 0 Å². The molecule has 2 aliphatic heterocycles. The maximum Gasteiger partial charge on any atom is 0.407 e. The van der Waals surface area contributed by atoms with Crippen LogP contribution in [0.25, 0.3) is 0 Å². The molecule has 0 aliphatic carbocycles. The molecule has 2 atom stereocenters. The molecule has 4 nitrogen and oxygen atoms in total. The van der Waals surface area contributed by atoms with Crippen molar-refractivity contribution in [3.63, 3.8) is 0 Å². The number of alkyl carbamates (subject to hydrolysis) is 1. The molecule has 1 amide bonds. The number of ether oxygens (including phenoxy) is 1. The zero-order valence-corrected chi connectivity index (χ0v) is 16.4. The van der Waals surface area contributed by atoms with Crippen LogP contribution >= 0.6 is 0 Å². The van der Waals surface area contributed by atoms with E-state index in [0.29, 0.717) is 31.2 Å². The molecular formula is C24H30N2O2. The summed E-state index contributed by atoms with van der Waals surface area (Å²) < 4.78 is 5.30. The SMILES string of the molecule is O=C(NCCC1CC2CCC(C1)N2Cc1ccccc1)OCc1ccccc1. The minimum atomic E-state index is -0.312. The fourth-order valence-corrected chi connectivity index (χ4v) is 4.83. The first-order valence-electron chi connectivity index (χ1n) is 10.5.